The van der Waals surface area contributed by atoms with Crippen LogP contribution in [0.2, 0.25) is 0 Å². The number of anilines is 1. The zero-order valence-electron chi connectivity index (χ0n) is 12.7. The number of rotatable bonds is 5. The lowest BCUT2D eigenvalue weighted by molar-refractivity contribution is 0.671. The van der Waals surface area contributed by atoms with Crippen molar-refractivity contribution in [2.75, 3.05) is 11.4 Å². The monoisotopic (exact) mass is 271 g/mol. The van der Waals surface area contributed by atoms with Crippen LogP contribution >= 0.6 is 0 Å². The third-order valence-electron chi connectivity index (χ3n) is 3.97. The zero-order chi connectivity index (χ0) is 14.5. The van der Waals surface area contributed by atoms with Crippen molar-refractivity contribution in [1.82, 2.24) is 4.98 Å². The first-order valence-electron chi connectivity index (χ1n) is 7.46. The van der Waals surface area contributed by atoms with Gasteiger partial charge in [-0.15, -0.1) is 0 Å². The Hall–Kier alpha value is -1.77. The quantitative estimate of drug-likeness (QED) is 0.836. The maximum absolute atomic E-state index is 5.57. The summed E-state index contributed by atoms with van der Waals surface area (Å²) in [6.45, 7) is 7.74. The van der Waals surface area contributed by atoms with Crippen molar-refractivity contribution in [3.63, 3.8) is 0 Å². The van der Waals surface area contributed by atoms with Gasteiger partial charge in [-0.2, -0.15) is 0 Å². The number of fused-ring (bicyclic) bond motifs is 1. The topological polar surface area (TPSA) is 42.1 Å². The van der Waals surface area contributed by atoms with E-state index in [0.717, 1.165) is 19.4 Å². The van der Waals surface area contributed by atoms with E-state index in [-0.39, 0.29) is 0 Å². The van der Waals surface area contributed by atoms with Gasteiger partial charge in [0.05, 0.1) is 0 Å². The van der Waals surface area contributed by atoms with Crippen molar-refractivity contribution >= 4 is 5.69 Å². The minimum atomic E-state index is 0.423. The lowest BCUT2D eigenvalue weighted by atomic mass is 9.99. The summed E-state index contributed by atoms with van der Waals surface area (Å²) in [5.41, 5.74) is 9.58. The Morgan fingerprint density at radius 2 is 2.30 bits per heavy atom. The minimum absolute atomic E-state index is 0.423. The summed E-state index contributed by atoms with van der Waals surface area (Å²) in [7, 11) is 0. The number of aromatic nitrogens is 1. The maximum atomic E-state index is 5.57. The van der Waals surface area contributed by atoms with Gasteiger partial charge in [-0.05, 0) is 48.2 Å². The first-order valence-corrected chi connectivity index (χ1v) is 7.46. The van der Waals surface area contributed by atoms with Crippen LogP contribution in [0.25, 0.3) is 0 Å². The van der Waals surface area contributed by atoms with E-state index in [2.05, 4.69) is 42.8 Å². The van der Waals surface area contributed by atoms with Gasteiger partial charge in [0, 0.05) is 30.7 Å². The molecular weight excluding hydrogens is 246 g/mol. The van der Waals surface area contributed by atoms with Gasteiger partial charge >= 0.3 is 0 Å². The standard InChI is InChI=1S/C17H25N3/c1-4-16(11-14(5-8-18)13(2)3)20-10-7-15-12-19-9-6-17(15)20/h5-6,8-9,11-13,16H,4,7,10,18H2,1-3H3/b8-5-,14-11+. The number of hydrogen-bond acceptors (Lipinski definition) is 3. The molecule has 2 heterocycles. The highest BCUT2D eigenvalue weighted by molar-refractivity contribution is 5.58. The van der Waals surface area contributed by atoms with Gasteiger partial charge in [0.15, 0.2) is 0 Å². The normalized spacial score (nSPS) is 17.0. The third kappa shape index (κ3) is 3.03. The summed E-state index contributed by atoms with van der Waals surface area (Å²) < 4.78 is 0. The molecule has 1 aliphatic rings. The highest BCUT2D eigenvalue weighted by atomic mass is 15.2. The predicted octanol–water partition coefficient (Wildman–Crippen LogP) is 3.28. The first kappa shape index (κ1) is 14.6. The van der Waals surface area contributed by atoms with Gasteiger partial charge in [-0.1, -0.05) is 26.8 Å². The van der Waals surface area contributed by atoms with Crippen LogP contribution in [0.15, 0.2) is 42.4 Å². The van der Waals surface area contributed by atoms with Crippen LogP contribution < -0.4 is 10.6 Å². The van der Waals surface area contributed by atoms with Gasteiger partial charge < -0.3 is 10.6 Å². The summed E-state index contributed by atoms with van der Waals surface area (Å²) in [6.07, 6.45) is 12.1. The van der Waals surface area contributed by atoms with E-state index in [1.54, 1.807) is 6.20 Å². The van der Waals surface area contributed by atoms with E-state index in [0.29, 0.717) is 12.0 Å². The number of hydrogen-bond donors (Lipinski definition) is 1. The molecule has 20 heavy (non-hydrogen) atoms. The van der Waals surface area contributed by atoms with Crippen LogP contribution in [-0.2, 0) is 6.42 Å². The predicted molar refractivity (Wildman–Crippen MR) is 85.6 cm³/mol. The molecule has 2 N–H and O–H groups in total. The second-order valence-corrected chi connectivity index (χ2v) is 5.60. The summed E-state index contributed by atoms with van der Waals surface area (Å²) >= 11 is 0. The molecule has 1 aromatic heterocycles. The Labute approximate surface area is 122 Å². The lowest BCUT2D eigenvalue weighted by Gasteiger charge is -2.28. The second-order valence-electron chi connectivity index (χ2n) is 5.60. The van der Waals surface area contributed by atoms with Gasteiger partial charge in [0.25, 0.3) is 0 Å². The van der Waals surface area contributed by atoms with Crippen molar-refractivity contribution in [2.24, 2.45) is 11.7 Å². The number of allylic oxidation sites excluding steroid dienone is 2. The molecule has 0 bridgehead atoms. The SMILES string of the molecule is CCC(/C=C(\C=C/N)C(C)C)N1CCc2cnccc21. The fraction of sp³-hybridized carbons (Fsp3) is 0.471. The molecule has 0 radical (unpaired) electrons. The Morgan fingerprint density at radius 1 is 1.50 bits per heavy atom. The van der Waals surface area contributed by atoms with Crippen LogP contribution in [-0.4, -0.2) is 17.6 Å². The minimum Gasteiger partial charge on any atom is -0.405 e. The molecule has 1 aliphatic heterocycles. The van der Waals surface area contributed by atoms with Gasteiger partial charge in [0.2, 0.25) is 0 Å². The zero-order valence-corrected chi connectivity index (χ0v) is 12.7. The molecule has 1 aromatic rings. The Kier molecular flexibility index (Phi) is 4.83. The summed E-state index contributed by atoms with van der Waals surface area (Å²) in [5, 5.41) is 0. The first-order chi connectivity index (χ1) is 9.67. The largest absolute Gasteiger partial charge is 0.405 e. The van der Waals surface area contributed by atoms with Crippen molar-refractivity contribution < 1.29 is 0 Å². The number of nitrogens with two attached hydrogens (primary N) is 1. The second kappa shape index (κ2) is 6.60. The molecule has 3 nitrogen and oxygen atoms in total. The molecule has 3 heteroatoms. The molecule has 2 rings (SSSR count). The molecule has 1 unspecified atom stereocenters. The average Bonchev–Trinajstić information content (AvgIpc) is 2.87. The smallest absolute Gasteiger partial charge is 0.0476 e. The van der Waals surface area contributed by atoms with Crippen molar-refractivity contribution in [1.29, 1.82) is 0 Å². The fourth-order valence-corrected chi connectivity index (χ4v) is 2.80. The molecule has 0 aliphatic carbocycles. The van der Waals surface area contributed by atoms with Crippen LogP contribution in [0.4, 0.5) is 5.69 Å². The Balaban J connectivity index is 2.28. The maximum Gasteiger partial charge on any atom is 0.0476 e. The summed E-state index contributed by atoms with van der Waals surface area (Å²) in [5.74, 6) is 0.489. The molecule has 0 spiro atoms. The highest BCUT2D eigenvalue weighted by Gasteiger charge is 2.24. The highest BCUT2D eigenvalue weighted by Crippen LogP contribution is 2.30. The van der Waals surface area contributed by atoms with Crippen LogP contribution in [0, 0.1) is 5.92 Å². The third-order valence-corrected chi connectivity index (χ3v) is 3.97. The molecule has 0 saturated heterocycles. The van der Waals surface area contributed by atoms with Gasteiger partial charge in [-0.25, -0.2) is 0 Å². The molecule has 108 valence electrons. The number of nitrogens with zero attached hydrogens (tertiary/aromatic N) is 2. The van der Waals surface area contributed by atoms with Gasteiger partial charge in [0.1, 0.15) is 0 Å². The van der Waals surface area contributed by atoms with E-state index in [9.17, 15) is 0 Å². The van der Waals surface area contributed by atoms with E-state index in [1.807, 2.05) is 18.5 Å². The van der Waals surface area contributed by atoms with E-state index in [4.69, 9.17) is 5.73 Å². The fourth-order valence-electron chi connectivity index (χ4n) is 2.80. The lowest BCUT2D eigenvalue weighted by Crippen LogP contribution is -2.32. The van der Waals surface area contributed by atoms with Crippen LogP contribution in [0.1, 0.15) is 32.8 Å². The Morgan fingerprint density at radius 3 is 2.95 bits per heavy atom. The van der Waals surface area contributed by atoms with Gasteiger partial charge in [-0.3, -0.25) is 4.98 Å². The van der Waals surface area contributed by atoms with Crippen molar-refractivity contribution in [3.8, 4) is 0 Å². The Bertz CT molecular complexity index is 503. The molecular formula is C17H25N3. The van der Waals surface area contributed by atoms with E-state index in [1.165, 1.54) is 16.8 Å². The molecule has 0 saturated carbocycles. The molecule has 0 aromatic carbocycles. The summed E-state index contributed by atoms with van der Waals surface area (Å²) in [6, 6.07) is 2.55. The molecule has 1 atom stereocenters. The average molecular weight is 271 g/mol. The number of pyridine rings is 1. The van der Waals surface area contributed by atoms with Crippen molar-refractivity contribution in [2.45, 2.75) is 39.7 Å². The van der Waals surface area contributed by atoms with E-state index < -0.39 is 0 Å². The van der Waals surface area contributed by atoms with Crippen molar-refractivity contribution in [3.05, 3.63) is 47.9 Å². The van der Waals surface area contributed by atoms with Crippen LogP contribution in [0.3, 0.4) is 0 Å². The molecule has 0 amide bonds. The van der Waals surface area contributed by atoms with E-state index >= 15 is 0 Å². The van der Waals surface area contributed by atoms with Crippen LogP contribution in [0.5, 0.6) is 0 Å². The molecule has 0 fully saturated rings. The summed E-state index contributed by atoms with van der Waals surface area (Å²) in [4.78, 5) is 6.71.